The maximum absolute atomic E-state index is 12.1. The first-order valence-corrected chi connectivity index (χ1v) is 7.72. The first-order chi connectivity index (χ1) is 9.49. The zero-order valence-electron chi connectivity index (χ0n) is 12.9. The van der Waals surface area contributed by atoms with Crippen LogP contribution in [0.2, 0.25) is 0 Å². The molecule has 1 fully saturated rings. The normalized spacial score (nSPS) is 25.9. The van der Waals surface area contributed by atoms with Crippen molar-refractivity contribution in [1.82, 2.24) is 10.2 Å². The molecule has 0 aliphatic heterocycles. The van der Waals surface area contributed by atoms with Crippen LogP contribution in [0, 0.1) is 17.8 Å². The second kappa shape index (κ2) is 8.25. The van der Waals surface area contributed by atoms with Crippen LogP contribution in [-0.2, 0) is 9.59 Å². The number of amides is 1. The number of carboxylic acids is 1. The number of nitrogens with one attached hydrogen (secondary N) is 1. The van der Waals surface area contributed by atoms with Gasteiger partial charge in [0.2, 0.25) is 5.91 Å². The second-order valence-corrected chi connectivity index (χ2v) is 5.85. The van der Waals surface area contributed by atoms with Gasteiger partial charge in [0.15, 0.2) is 0 Å². The molecule has 1 saturated carbocycles. The summed E-state index contributed by atoms with van der Waals surface area (Å²) in [6.45, 7) is 9.70. The van der Waals surface area contributed by atoms with E-state index in [4.69, 9.17) is 0 Å². The highest BCUT2D eigenvalue weighted by molar-refractivity contribution is 5.85. The van der Waals surface area contributed by atoms with E-state index in [1.807, 2.05) is 6.92 Å². The standard InChI is InChI=1S/C15H28N2O3/c1-4-7-17(5-2)8-6-16-14(18)12-9-11(3)10-13(12)15(19)20/h11-13H,4-10H2,1-3H3,(H,16,18)(H,19,20)/t11?,12-,13+/m0/s1. The number of likely N-dealkylation sites (N-methyl/N-ethyl adjacent to an activating group) is 1. The summed E-state index contributed by atoms with van der Waals surface area (Å²) in [7, 11) is 0. The Hall–Kier alpha value is -1.10. The maximum Gasteiger partial charge on any atom is 0.307 e. The Labute approximate surface area is 121 Å². The molecule has 0 saturated heterocycles. The topological polar surface area (TPSA) is 69.6 Å². The van der Waals surface area contributed by atoms with E-state index in [2.05, 4.69) is 24.1 Å². The van der Waals surface area contributed by atoms with Crippen molar-refractivity contribution in [2.75, 3.05) is 26.2 Å². The molecule has 0 radical (unpaired) electrons. The molecular weight excluding hydrogens is 256 g/mol. The molecule has 3 atom stereocenters. The SMILES string of the molecule is CCCN(CC)CCNC(=O)[C@H]1CC(C)C[C@H]1C(=O)O. The van der Waals surface area contributed by atoms with Crippen molar-refractivity contribution in [2.24, 2.45) is 17.8 Å². The van der Waals surface area contributed by atoms with Crippen LogP contribution in [0.15, 0.2) is 0 Å². The number of nitrogens with zero attached hydrogens (tertiary/aromatic N) is 1. The van der Waals surface area contributed by atoms with Crippen LogP contribution in [0.1, 0.15) is 40.0 Å². The molecule has 2 N–H and O–H groups in total. The molecule has 0 spiro atoms. The molecule has 0 aromatic heterocycles. The predicted octanol–water partition coefficient (Wildman–Crippen LogP) is 1.58. The lowest BCUT2D eigenvalue weighted by molar-refractivity contribution is -0.146. The second-order valence-electron chi connectivity index (χ2n) is 5.85. The molecule has 5 nitrogen and oxygen atoms in total. The Morgan fingerprint density at radius 1 is 1.20 bits per heavy atom. The number of hydrogen-bond donors (Lipinski definition) is 2. The van der Waals surface area contributed by atoms with Crippen LogP contribution in [0.4, 0.5) is 0 Å². The molecule has 0 aromatic carbocycles. The van der Waals surface area contributed by atoms with Crippen molar-refractivity contribution >= 4 is 11.9 Å². The highest BCUT2D eigenvalue weighted by atomic mass is 16.4. The van der Waals surface area contributed by atoms with Gasteiger partial charge >= 0.3 is 5.97 Å². The maximum atomic E-state index is 12.1. The molecular formula is C15H28N2O3. The van der Waals surface area contributed by atoms with E-state index in [1.54, 1.807) is 0 Å². The number of carbonyl (C=O) groups is 2. The number of rotatable bonds is 8. The molecule has 116 valence electrons. The van der Waals surface area contributed by atoms with Gasteiger partial charge in [0.1, 0.15) is 0 Å². The quantitative estimate of drug-likeness (QED) is 0.710. The summed E-state index contributed by atoms with van der Waals surface area (Å²) in [6.07, 6.45) is 2.41. The van der Waals surface area contributed by atoms with Crippen LogP contribution in [-0.4, -0.2) is 48.1 Å². The van der Waals surface area contributed by atoms with Crippen LogP contribution in [0.25, 0.3) is 0 Å². The lowest BCUT2D eigenvalue weighted by Crippen LogP contribution is -2.40. The van der Waals surface area contributed by atoms with Gasteiger partial charge in [-0.15, -0.1) is 0 Å². The van der Waals surface area contributed by atoms with Crippen LogP contribution < -0.4 is 5.32 Å². The van der Waals surface area contributed by atoms with Gasteiger partial charge in [-0.05, 0) is 38.3 Å². The molecule has 1 amide bonds. The van der Waals surface area contributed by atoms with Crippen molar-refractivity contribution in [3.63, 3.8) is 0 Å². The number of carbonyl (C=O) groups excluding carboxylic acids is 1. The Bertz CT molecular complexity index is 333. The fraction of sp³-hybridized carbons (Fsp3) is 0.867. The summed E-state index contributed by atoms with van der Waals surface area (Å²) in [5, 5.41) is 12.1. The van der Waals surface area contributed by atoms with Crippen molar-refractivity contribution in [1.29, 1.82) is 0 Å². The third kappa shape index (κ3) is 4.78. The zero-order chi connectivity index (χ0) is 15.1. The van der Waals surface area contributed by atoms with Gasteiger partial charge in [0, 0.05) is 13.1 Å². The smallest absolute Gasteiger partial charge is 0.307 e. The summed E-state index contributed by atoms with van der Waals surface area (Å²) in [6, 6.07) is 0. The summed E-state index contributed by atoms with van der Waals surface area (Å²) < 4.78 is 0. The Balaban J connectivity index is 2.40. The number of carboxylic acid groups (broad SMARTS) is 1. The third-order valence-electron chi connectivity index (χ3n) is 4.17. The first kappa shape index (κ1) is 17.0. The Kier molecular flexibility index (Phi) is 6.99. The van der Waals surface area contributed by atoms with E-state index in [0.29, 0.717) is 25.3 Å². The number of aliphatic carboxylic acids is 1. The van der Waals surface area contributed by atoms with Gasteiger partial charge < -0.3 is 15.3 Å². The fourth-order valence-corrected chi connectivity index (χ4v) is 3.07. The molecule has 0 aromatic rings. The van der Waals surface area contributed by atoms with Crippen molar-refractivity contribution in [3.8, 4) is 0 Å². The molecule has 1 unspecified atom stereocenters. The molecule has 1 aliphatic rings. The van der Waals surface area contributed by atoms with E-state index >= 15 is 0 Å². The zero-order valence-corrected chi connectivity index (χ0v) is 12.9. The van der Waals surface area contributed by atoms with Gasteiger partial charge in [-0.3, -0.25) is 9.59 Å². The predicted molar refractivity (Wildman–Crippen MR) is 78.4 cm³/mol. The first-order valence-electron chi connectivity index (χ1n) is 7.72. The number of hydrogen-bond acceptors (Lipinski definition) is 3. The minimum Gasteiger partial charge on any atom is -0.481 e. The van der Waals surface area contributed by atoms with Gasteiger partial charge in [-0.25, -0.2) is 0 Å². The van der Waals surface area contributed by atoms with E-state index in [0.717, 1.165) is 26.1 Å². The monoisotopic (exact) mass is 284 g/mol. The molecule has 0 bridgehead atoms. The third-order valence-corrected chi connectivity index (χ3v) is 4.17. The van der Waals surface area contributed by atoms with Gasteiger partial charge in [0.25, 0.3) is 0 Å². The molecule has 1 rings (SSSR count). The Morgan fingerprint density at radius 2 is 1.85 bits per heavy atom. The largest absolute Gasteiger partial charge is 0.481 e. The van der Waals surface area contributed by atoms with E-state index in [1.165, 1.54) is 0 Å². The lowest BCUT2D eigenvalue weighted by Gasteiger charge is -2.21. The minimum atomic E-state index is -0.837. The minimum absolute atomic E-state index is 0.0886. The van der Waals surface area contributed by atoms with Crippen LogP contribution in [0.5, 0.6) is 0 Å². The van der Waals surface area contributed by atoms with Gasteiger partial charge in [-0.2, -0.15) is 0 Å². The van der Waals surface area contributed by atoms with Gasteiger partial charge in [0.05, 0.1) is 11.8 Å². The summed E-state index contributed by atoms with van der Waals surface area (Å²) in [5.74, 6) is -1.48. The molecule has 20 heavy (non-hydrogen) atoms. The molecule has 5 heteroatoms. The fourth-order valence-electron chi connectivity index (χ4n) is 3.07. The highest BCUT2D eigenvalue weighted by Gasteiger charge is 2.40. The summed E-state index contributed by atoms with van der Waals surface area (Å²) >= 11 is 0. The summed E-state index contributed by atoms with van der Waals surface area (Å²) in [5.41, 5.74) is 0. The van der Waals surface area contributed by atoms with E-state index < -0.39 is 11.9 Å². The lowest BCUT2D eigenvalue weighted by atomic mass is 9.95. The van der Waals surface area contributed by atoms with Crippen molar-refractivity contribution in [2.45, 2.75) is 40.0 Å². The van der Waals surface area contributed by atoms with E-state index in [9.17, 15) is 14.7 Å². The van der Waals surface area contributed by atoms with Crippen LogP contribution in [0.3, 0.4) is 0 Å². The molecule has 0 heterocycles. The summed E-state index contributed by atoms with van der Waals surface area (Å²) in [4.78, 5) is 25.6. The molecule has 1 aliphatic carbocycles. The van der Waals surface area contributed by atoms with Gasteiger partial charge in [-0.1, -0.05) is 20.8 Å². The average molecular weight is 284 g/mol. The Morgan fingerprint density at radius 3 is 2.40 bits per heavy atom. The van der Waals surface area contributed by atoms with E-state index in [-0.39, 0.29) is 11.8 Å². The highest BCUT2D eigenvalue weighted by Crippen LogP contribution is 2.36. The average Bonchev–Trinajstić information content (AvgIpc) is 2.80. The van der Waals surface area contributed by atoms with Crippen molar-refractivity contribution in [3.05, 3.63) is 0 Å². The van der Waals surface area contributed by atoms with Crippen LogP contribution >= 0.6 is 0 Å². The van der Waals surface area contributed by atoms with Crippen molar-refractivity contribution < 1.29 is 14.7 Å².